The fraction of sp³-hybridized carbons (Fsp3) is 0.0588. The van der Waals surface area contributed by atoms with Gasteiger partial charge in [-0.3, -0.25) is 0 Å². The van der Waals surface area contributed by atoms with E-state index >= 15 is 0 Å². The number of hydrogen-bond donors (Lipinski definition) is 0. The maximum atomic E-state index is 6.53. The molecule has 0 N–H and O–H groups in total. The van der Waals surface area contributed by atoms with Crippen LogP contribution in [0.5, 0.6) is 0 Å². The third-order valence-corrected chi connectivity index (χ3v) is 13.1. The van der Waals surface area contributed by atoms with E-state index in [4.69, 9.17) is 4.42 Å². The zero-order valence-electron chi connectivity index (χ0n) is 29.0. The van der Waals surface area contributed by atoms with Crippen molar-refractivity contribution in [2.45, 2.75) is 17.8 Å². The number of para-hydroxylation sites is 1. The largest absolute Gasteiger partial charge is 0.456 e. The Morgan fingerprint density at radius 1 is 0.396 bits per heavy atom. The Morgan fingerprint density at radius 3 is 1.64 bits per heavy atom. The number of hydrogen-bond acceptors (Lipinski definition) is 2. The summed E-state index contributed by atoms with van der Waals surface area (Å²) in [6.07, 6.45) is 0. The SMILES string of the molecule is CC12c3ccccc3-c3cccc(c31)N(c1cccc3oc4ccccc4c13)c1cc3c(cc12)-c1ccccc1C31c2ccccc2-c2ccccc21. The second-order valence-corrected chi connectivity index (χ2v) is 15.3. The number of furan rings is 1. The second-order valence-electron chi connectivity index (χ2n) is 15.3. The first kappa shape index (κ1) is 28.0. The smallest absolute Gasteiger partial charge is 0.137 e. The number of rotatable bonds is 1. The van der Waals surface area contributed by atoms with Crippen LogP contribution in [0, 0.1) is 0 Å². The van der Waals surface area contributed by atoms with Crippen LogP contribution in [-0.2, 0) is 10.8 Å². The Hall–Kier alpha value is -6.64. The molecule has 0 saturated carbocycles. The lowest BCUT2D eigenvalue weighted by atomic mass is 9.67. The monoisotopic (exact) mass is 673 g/mol. The van der Waals surface area contributed by atoms with E-state index < -0.39 is 5.41 Å². The van der Waals surface area contributed by atoms with E-state index in [1.807, 2.05) is 0 Å². The Labute approximate surface area is 307 Å². The van der Waals surface area contributed by atoms with Crippen LogP contribution in [0.3, 0.4) is 0 Å². The maximum Gasteiger partial charge on any atom is 0.137 e. The Kier molecular flexibility index (Phi) is 4.98. The molecule has 1 atom stereocenters. The van der Waals surface area contributed by atoms with E-state index in [1.54, 1.807) is 0 Å². The van der Waals surface area contributed by atoms with Crippen LogP contribution in [0.4, 0.5) is 17.1 Å². The van der Waals surface area contributed by atoms with Gasteiger partial charge in [0.15, 0.2) is 0 Å². The van der Waals surface area contributed by atoms with Gasteiger partial charge in [-0.1, -0.05) is 133 Å². The van der Waals surface area contributed by atoms with Gasteiger partial charge < -0.3 is 9.32 Å². The predicted octanol–water partition coefficient (Wildman–Crippen LogP) is 13.0. The number of benzene rings is 8. The molecule has 0 bridgehead atoms. The minimum absolute atomic E-state index is 0.355. The van der Waals surface area contributed by atoms with Gasteiger partial charge in [-0.15, -0.1) is 0 Å². The normalized spacial score (nSPS) is 17.3. The first-order valence-electron chi connectivity index (χ1n) is 18.6. The summed E-state index contributed by atoms with van der Waals surface area (Å²) >= 11 is 0. The quantitative estimate of drug-likeness (QED) is 0.172. The highest BCUT2D eigenvalue weighted by Crippen LogP contribution is 2.68. The molecule has 9 aromatic rings. The van der Waals surface area contributed by atoms with Crippen LogP contribution in [0.25, 0.3) is 55.3 Å². The van der Waals surface area contributed by atoms with Crippen molar-refractivity contribution in [3.8, 4) is 33.4 Å². The van der Waals surface area contributed by atoms with E-state index in [0.29, 0.717) is 0 Å². The Balaban J connectivity index is 1.22. The van der Waals surface area contributed by atoms with Crippen LogP contribution in [-0.4, -0.2) is 0 Å². The topological polar surface area (TPSA) is 16.4 Å². The first-order valence-corrected chi connectivity index (χ1v) is 18.6. The molecule has 2 nitrogen and oxygen atoms in total. The number of fused-ring (bicyclic) bond motifs is 18. The van der Waals surface area contributed by atoms with Crippen LogP contribution < -0.4 is 4.90 Å². The third-order valence-electron chi connectivity index (χ3n) is 13.1. The molecule has 1 spiro atoms. The van der Waals surface area contributed by atoms with Crippen LogP contribution >= 0.6 is 0 Å². The van der Waals surface area contributed by atoms with Crippen molar-refractivity contribution >= 4 is 39.0 Å². The van der Waals surface area contributed by atoms with E-state index in [0.717, 1.165) is 27.6 Å². The lowest BCUT2D eigenvalue weighted by Gasteiger charge is -2.43. The molecule has 1 unspecified atom stereocenters. The van der Waals surface area contributed by atoms with Crippen LogP contribution in [0.2, 0.25) is 0 Å². The highest BCUT2D eigenvalue weighted by atomic mass is 16.3. The van der Waals surface area contributed by atoms with Crippen molar-refractivity contribution in [1.82, 2.24) is 0 Å². The fourth-order valence-corrected chi connectivity index (χ4v) is 11.1. The Morgan fingerprint density at radius 2 is 0.925 bits per heavy atom. The summed E-state index contributed by atoms with van der Waals surface area (Å²) in [5, 5.41) is 2.27. The number of nitrogens with zero attached hydrogens (tertiary/aromatic N) is 1. The second kappa shape index (κ2) is 9.42. The van der Waals surface area contributed by atoms with Gasteiger partial charge in [0.05, 0.1) is 27.9 Å². The summed E-state index contributed by atoms with van der Waals surface area (Å²) in [7, 11) is 0. The summed E-state index contributed by atoms with van der Waals surface area (Å²) in [6, 6.07) is 63.5. The summed E-state index contributed by atoms with van der Waals surface area (Å²) in [4.78, 5) is 2.57. The van der Waals surface area contributed by atoms with Crippen molar-refractivity contribution in [3.63, 3.8) is 0 Å². The molecule has 53 heavy (non-hydrogen) atoms. The van der Waals surface area contributed by atoms with Crippen molar-refractivity contribution in [3.05, 3.63) is 209 Å². The maximum absolute atomic E-state index is 6.53. The van der Waals surface area contributed by atoms with E-state index in [2.05, 4.69) is 182 Å². The van der Waals surface area contributed by atoms with Gasteiger partial charge in [0, 0.05) is 10.8 Å². The molecule has 2 heterocycles. The third kappa shape index (κ3) is 3.08. The van der Waals surface area contributed by atoms with Gasteiger partial charge in [-0.05, 0) is 116 Å². The first-order chi connectivity index (χ1) is 26.2. The van der Waals surface area contributed by atoms with Gasteiger partial charge in [0.1, 0.15) is 11.2 Å². The van der Waals surface area contributed by atoms with Gasteiger partial charge in [-0.25, -0.2) is 0 Å². The minimum atomic E-state index is -0.440. The molecule has 3 aliphatic carbocycles. The lowest BCUT2D eigenvalue weighted by molar-refractivity contribution is 0.669. The molecule has 8 aromatic carbocycles. The van der Waals surface area contributed by atoms with Crippen molar-refractivity contribution in [1.29, 1.82) is 0 Å². The summed E-state index contributed by atoms with van der Waals surface area (Å²) in [5.41, 5.74) is 22.0. The van der Waals surface area contributed by atoms with Gasteiger partial charge >= 0.3 is 0 Å². The minimum Gasteiger partial charge on any atom is -0.456 e. The molecule has 1 aromatic heterocycles. The van der Waals surface area contributed by atoms with Crippen LogP contribution in [0.15, 0.2) is 174 Å². The predicted molar refractivity (Wildman–Crippen MR) is 216 cm³/mol. The molecule has 0 amide bonds. The molecule has 13 rings (SSSR count). The summed E-state index contributed by atoms with van der Waals surface area (Å²) in [6.45, 7) is 2.47. The van der Waals surface area contributed by atoms with E-state index in [-0.39, 0.29) is 5.41 Å². The average Bonchev–Trinajstić information content (AvgIpc) is 3.91. The molecular formula is C51H31NO. The molecule has 2 heteroatoms. The van der Waals surface area contributed by atoms with Gasteiger partial charge in [0.25, 0.3) is 0 Å². The molecular weight excluding hydrogens is 643 g/mol. The molecule has 0 fully saturated rings. The zero-order chi connectivity index (χ0) is 34.6. The molecule has 0 saturated heterocycles. The van der Waals surface area contributed by atoms with E-state index in [9.17, 15) is 0 Å². The zero-order valence-corrected chi connectivity index (χ0v) is 29.0. The van der Waals surface area contributed by atoms with Crippen LogP contribution in [0.1, 0.15) is 45.9 Å². The van der Waals surface area contributed by atoms with Gasteiger partial charge in [-0.2, -0.15) is 0 Å². The van der Waals surface area contributed by atoms with Crippen molar-refractivity contribution in [2.24, 2.45) is 0 Å². The van der Waals surface area contributed by atoms with Crippen molar-refractivity contribution < 1.29 is 4.42 Å². The molecule has 246 valence electrons. The standard InChI is InChI=1S/C51H31NO/c1-50-37-20-7-2-16-32(37)34-19-12-25-44(49(34)50)52(43-24-13-27-47-48(43)35-18-6-11-26-46(35)53-47)45-29-41-36(28-42(45)50)33-17-5-10-23-40(33)51(41)38-21-8-3-14-30(38)31-15-4-9-22-39(31)51/h2-29H,1H3. The van der Waals surface area contributed by atoms with Crippen molar-refractivity contribution in [2.75, 3.05) is 4.90 Å². The van der Waals surface area contributed by atoms with Gasteiger partial charge in [0.2, 0.25) is 0 Å². The average molecular weight is 674 g/mol. The highest BCUT2D eigenvalue weighted by Gasteiger charge is 2.54. The summed E-state index contributed by atoms with van der Waals surface area (Å²) in [5.74, 6) is 0. The number of anilines is 3. The molecule has 4 aliphatic rings. The molecule has 0 radical (unpaired) electrons. The van der Waals surface area contributed by atoms with E-state index in [1.165, 1.54) is 83.7 Å². The molecule has 1 aliphatic heterocycles. The fourth-order valence-electron chi connectivity index (χ4n) is 11.1. The lowest BCUT2D eigenvalue weighted by Crippen LogP contribution is -2.33. The highest BCUT2D eigenvalue weighted by molar-refractivity contribution is 6.15. The summed E-state index contributed by atoms with van der Waals surface area (Å²) < 4.78 is 6.53. The Bertz CT molecular complexity index is 3060.